The number of hydrogen-bond acceptors (Lipinski definition) is 6. The first-order chi connectivity index (χ1) is 8.29. The molecule has 1 aromatic heterocycles. The maximum absolute atomic E-state index is 9.90. The van der Waals surface area contributed by atoms with Gasteiger partial charge in [-0.1, -0.05) is 42.9 Å². The number of anilines is 1. The average molecular weight is 273 g/mol. The first-order valence-corrected chi connectivity index (χ1v) is 7.91. The number of rotatable bonds is 5. The molecule has 2 rings (SSSR count). The van der Waals surface area contributed by atoms with Gasteiger partial charge >= 0.3 is 0 Å². The van der Waals surface area contributed by atoms with E-state index in [4.69, 9.17) is 0 Å². The number of nitrogens with zero attached hydrogens (tertiary/aromatic N) is 2. The van der Waals surface area contributed by atoms with Crippen molar-refractivity contribution in [2.24, 2.45) is 0 Å². The highest BCUT2D eigenvalue weighted by Gasteiger charge is 2.25. The van der Waals surface area contributed by atoms with E-state index in [-0.39, 0.29) is 6.10 Å². The predicted molar refractivity (Wildman–Crippen MR) is 72.8 cm³/mol. The van der Waals surface area contributed by atoms with Crippen LogP contribution in [0, 0.1) is 0 Å². The van der Waals surface area contributed by atoms with Crippen LogP contribution in [0.4, 0.5) is 5.13 Å². The Kier molecular flexibility index (Phi) is 5.06. The summed E-state index contributed by atoms with van der Waals surface area (Å²) in [4.78, 5) is 0. The van der Waals surface area contributed by atoms with E-state index in [1.165, 1.54) is 6.42 Å². The van der Waals surface area contributed by atoms with Crippen LogP contribution in [0.15, 0.2) is 4.34 Å². The van der Waals surface area contributed by atoms with E-state index < -0.39 is 0 Å². The molecule has 1 heterocycles. The van der Waals surface area contributed by atoms with E-state index in [2.05, 4.69) is 22.4 Å². The molecule has 1 aliphatic rings. The molecule has 6 heteroatoms. The van der Waals surface area contributed by atoms with Gasteiger partial charge in [-0.05, 0) is 19.3 Å². The van der Waals surface area contributed by atoms with Crippen LogP contribution >= 0.6 is 23.1 Å². The van der Waals surface area contributed by atoms with Crippen molar-refractivity contribution < 1.29 is 5.11 Å². The zero-order valence-electron chi connectivity index (χ0n) is 10.1. The van der Waals surface area contributed by atoms with Gasteiger partial charge in [0.25, 0.3) is 0 Å². The standard InChI is InChI=1S/C11H19N3OS2/c1-2-7-12-10-13-14-11(17-10)16-9-6-4-3-5-8(9)15/h8-9,15H,2-7H2,1H3,(H,12,13). The summed E-state index contributed by atoms with van der Waals surface area (Å²) < 4.78 is 0.967. The van der Waals surface area contributed by atoms with Crippen molar-refractivity contribution in [2.75, 3.05) is 11.9 Å². The SMILES string of the molecule is CCCNc1nnc(SC2CCCCC2O)s1. The Morgan fingerprint density at radius 3 is 3.00 bits per heavy atom. The van der Waals surface area contributed by atoms with Crippen molar-refractivity contribution in [2.45, 2.75) is 54.7 Å². The van der Waals surface area contributed by atoms with Gasteiger partial charge in [0.1, 0.15) is 0 Å². The molecule has 0 aliphatic heterocycles. The Balaban J connectivity index is 1.87. The van der Waals surface area contributed by atoms with Gasteiger partial charge in [0, 0.05) is 11.8 Å². The molecule has 0 bridgehead atoms. The van der Waals surface area contributed by atoms with Crippen LogP contribution in [-0.4, -0.2) is 33.2 Å². The van der Waals surface area contributed by atoms with Crippen molar-refractivity contribution in [3.63, 3.8) is 0 Å². The minimum Gasteiger partial charge on any atom is -0.392 e. The van der Waals surface area contributed by atoms with Gasteiger partial charge in [0.05, 0.1) is 6.10 Å². The summed E-state index contributed by atoms with van der Waals surface area (Å²) in [6.07, 6.45) is 5.29. The van der Waals surface area contributed by atoms with E-state index in [1.54, 1.807) is 23.1 Å². The topological polar surface area (TPSA) is 58.0 Å². The lowest BCUT2D eigenvalue weighted by atomic mass is 9.97. The Labute approximate surface area is 110 Å². The maximum Gasteiger partial charge on any atom is 0.206 e. The second-order valence-electron chi connectivity index (χ2n) is 4.31. The summed E-state index contributed by atoms with van der Waals surface area (Å²) in [6.45, 7) is 3.06. The third-order valence-electron chi connectivity index (χ3n) is 2.85. The number of aromatic nitrogens is 2. The number of nitrogens with one attached hydrogen (secondary N) is 1. The van der Waals surface area contributed by atoms with Crippen LogP contribution in [0.25, 0.3) is 0 Å². The van der Waals surface area contributed by atoms with Crippen LogP contribution in [-0.2, 0) is 0 Å². The molecule has 0 amide bonds. The van der Waals surface area contributed by atoms with Crippen LogP contribution < -0.4 is 5.32 Å². The molecular formula is C11H19N3OS2. The monoisotopic (exact) mass is 273 g/mol. The molecule has 0 spiro atoms. The van der Waals surface area contributed by atoms with E-state index in [0.717, 1.165) is 41.7 Å². The molecule has 2 N–H and O–H groups in total. The summed E-state index contributed by atoms with van der Waals surface area (Å²) >= 11 is 3.27. The summed E-state index contributed by atoms with van der Waals surface area (Å²) in [5, 5.41) is 22.6. The molecule has 2 atom stereocenters. The molecule has 1 fully saturated rings. The van der Waals surface area contributed by atoms with Gasteiger partial charge in [-0.2, -0.15) is 0 Å². The Hall–Kier alpha value is -0.330. The van der Waals surface area contributed by atoms with E-state index in [0.29, 0.717) is 5.25 Å². The molecule has 0 radical (unpaired) electrons. The molecule has 1 saturated carbocycles. The Bertz CT molecular complexity index is 345. The number of aliphatic hydroxyl groups excluding tert-OH is 1. The van der Waals surface area contributed by atoms with Crippen LogP contribution in [0.5, 0.6) is 0 Å². The molecule has 2 unspecified atom stereocenters. The summed E-state index contributed by atoms with van der Waals surface area (Å²) in [7, 11) is 0. The van der Waals surface area contributed by atoms with Gasteiger partial charge in [-0.3, -0.25) is 0 Å². The Morgan fingerprint density at radius 1 is 1.41 bits per heavy atom. The van der Waals surface area contributed by atoms with Gasteiger partial charge in [-0.25, -0.2) is 0 Å². The summed E-state index contributed by atoms with van der Waals surface area (Å²) in [5.41, 5.74) is 0. The third-order valence-corrected chi connectivity index (χ3v) is 5.20. The maximum atomic E-state index is 9.90. The molecule has 0 saturated heterocycles. The van der Waals surface area contributed by atoms with E-state index in [1.807, 2.05) is 0 Å². The average Bonchev–Trinajstić information content (AvgIpc) is 2.77. The zero-order valence-corrected chi connectivity index (χ0v) is 11.7. The van der Waals surface area contributed by atoms with E-state index in [9.17, 15) is 5.11 Å². The van der Waals surface area contributed by atoms with Crippen LogP contribution in [0.2, 0.25) is 0 Å². The smallest absolute Gasteiger partial charge is 0.206 e. The van der Waals surface area contributed by atoms with Crippen molar-refractivity contribution >= 4 is 28.2 Å². The lowest BCUT2D eigenvalue weighted by molar-refractivity contribution is 0.137. The molecule has 96 valence electrons. The molecular weight excluding hydrogens is 254 g/mol. The van der Waals surface area contributed by atoms with Crippen molar-refractivity contribution in [3.8, 4) is 0 Å². The van der Waals surface area contributed by atoms with Gasteiger partial charge in [0.15, 0.2) is 4.34 Å². The number of thioether (sulfide) groups is 1. The number of aliphatic hydroxyl groups is 1. The van der Waals surface area contributed by atoms with E-state index >= 15 is 0 Å². The number of hydrogen-bond donors (Lipinski definition) is 2. The van der Waals surface area contributed by atoms with Crippen LogP contribution in [0.1, 0.15) is 39.0 Å². The van der Waals surface area contributed by atoms with Crippen molar-refractivity contribution in [1.82, 2.24) is 10.2 Å². The lowest BCUT2D eigenvalue weighted by Gasteiger charge is -2.25. The largest absolute Gasteiger partial charge is 0.392 e. The highest BCUT2D eigenvalue weighted by atomic mass is 32.2. The normalized spacial score (nSPS) is 24.8. The van der Waals surface area contributed by atoms with Crippen LogP contribution in [0.3, 0.4) is 0 Å². The summed E-state index contributed by atoms with van der Waals surface area (Å²) in [6, 6.07) is 0. The van der Waals surface area contributed by atoms with Gasteiger partial charge in [-0.15, -0.1) is 10.2 Å². The predicted octanol–water partition coefficient (Wildman–Crippen LogP) is 2.76. The molecule has 17 heavy (non-hydrogen) atoms. The molecule has 1 aliphatic carbocycles. The van der Waals surface area contributed by atoms with Gasteiger partial charge < -0.3 is 10.4 Å². The first kappa shape index (κ1) is 13.1. The molecule has 4 nitrogen and oxygen atoms in total. The Morgan fingerprint density at radius 2 is 2.24 bits per heavy atom. The minimum atomic E-state index is -0.176. The van der Waals surface area contributed by atoms with Crippen molar-refractivity contribution in [1.29, 1.82) is 0 Å². The first-order valence-electron chi connectivity index (χ1n) is 6.21. The fourth-order valence-corrected chi connectivity index (χ4v) is 4.13. The fraction of sp³-hybridized carbons (Fsp3) is 0.818. The second-order valence-corrected chi connectivity index (χ2v) is 6.77. The lowest BCUT2D eigenvalue weighted by Crippen LogP contribution is -2.26. The quantitative estimate of drug-likeness (QED) is 0.864. The van der Waals surface area contributed by atoms with Crippen molar-refractivity contribution in [3.05, 3.63) is 0 Å². The third kappa shape index (κ3) is 3.82. The highest BCUT2D eigenvalue weighted by molar-refractivity contribution is 8.01. The second kappa shape index (κ2) is 6.56. The molecule has 0 aromatic carbocycles. The zero-order chi connectivity index (χ0) is 12.1. The van der Waals surface area contributed by atoms with Gasteiger partial charge in [0.2, 0.25) is 5.13 Å². The molecule has 1 aromatic rings. The summed E-state index contributed by atoms with van der Waals surface area (Å²) in [5.74, 6) is 0. The minimum absolute atomic E-state index is 0.176. The highest BCUT2D eigenvalue weighted by Crippen LogP contribution is 2.36. The fourth-order valence-electron chi connectivity index (χ4n) is 1.91.